The number of unbranched alkanes of at least 4 members (excludes halogenated alkanes) is 2. The number of fused-ring (bicyclic) bond motifs is 5. The van der Waals surface area contributed by atoms with Gasteiger partial charge < -0.3 is 56.4 Å². The second kappa shape index (κ2) is 34.5. The van der Waals surface area contributed by atoms with Crippen LogP contribution in [-0.4, -0.2) is 138 Å². The molecule has 0 fully saturated rings. The number of cyclic esters (lactones) is 1. The number of rotatable bonds is 31. The molecule has 0 spiro atoms. The lowest BCUT2D eigenvalue weighted by molar-refractivity contribution is -0.172. The van der Waals surface area contributed by atoms with Crippen molar-refractivity contribution >= 4 is 79.7 Å². The van der Waals surface area contributed by atoms with Crippen molar-refractivity contribution in [2.45, 2.75) is 133 Å². The molecule has 3 aromatic heterocycles. The summed E-state index contributed by atoms with van der Waals surface area (Å²) >= 11 is 6.76. The molecule has 11 rings (SSSR count). The minimum Gasteiger partial charge on any atom is -0.458 e. The Morgan fingerprint density at radius 2 is 1.37 bits per heavy atom. The molecule has 4 atom stereocenters. The molecule has 0 unspecified atom stereocenters. The van der Waals surface area contributed by atoms with E-state index in [1.807, 2.05) is 50.2 Å². The Hall–Kier alpha value is -11.0. The summed E-state index contributed by atoms with van der Waals surface area (Å²) in [7, 11) is -3.60. The van der Waals surface area contributed by atoms with Gasteiger partial charge in [-0.2, -0.15) is 0 Å². The van der Waals surface area contributed by atoms with Crippen LogP contribution in [-0.2, 0) is 94.8 Å². The van der Waals surface area contributed by atoms with Gasteiger partial charge in [0.1, 0.15) is 32.0 Å². The lowest BCUT2D eigenvalue weighted by atomic mass is 9.76. The van der Waals surface area contributed by atoms with Gasteiger partial charge in [-0.25, -0.2) is 28.2 Å². The number of benzene rings is 5. The second-order valence-electron chi connectivity index (χ2n) is 26.7. The highest BCUT2D eigenvalue weighted by molar-refractivity contribution is 7.90. The van der Waals surface area contributed by atoms with Crippen LogP contribution in [0.2, 0.25) is 5.02 Å². The smallest absolute Gasteiger partial charge is 0.343 e. The van der Waals surface area contributed by atoms with Crippen LogP contribution in [0, 0.1) is 25.7 Å². The van der Waals surface area contributed by atoms with Gasteiger partial charge >= 0.3 is 5.97 Å². The molecular formula is C79H83ClN12O14S. The van der Waals surface area contributed by atoms with Gasteiger partial charge in [-0.05, 0) is 116 Å². The lowest BCUT2D eigenvalue weighted by Gasteiger charge is -2.37. The number of aliphatic hydroxyl groups is 1. The van der Waals surface area contributed by atoms with Gasteiger partial charge in [0, 0.05) is 59.4 Å². The Morgan fingerprint density at radius 3 is 2.04 bits per heavy atom. The maximum absolute atomic E-state index is 14.1. The number of hydrogen-bond acceptors (Lipinski definition) is 18. The summed E-state index contributed by atoms with van der Waals surface area (Å²) in [4.78, 5) is 135. The van der Waals surface area contributed by atoms with Crippen molar-refractivity contribution in [2.24, 2.45) is 0 Å². The van der Waals surface area contributed by atoms with Gasteiger partial charge in [0.05, 0.1) is 65.8 Å². The molecule has 556 valence electrons. The van der Waals surface area contributed by atoms with Crippen LogP contribution in [0.4, 0.5) is 0 Å². The van der Waals surface area contributed by atoms with Crippen molar-refractivity contribution in [2.75, 3.05) is 45.8 Å². The van der Waals surface area contributed by atoms with Gasteiger partial charge in [-0.1, -0.05) is 151 Å². The lowest BCUT2D eigenvalue weighted by Crippen LogP contribution is -2.53. The first-order valence-electron chi connectivity index (χ1n) is 35.3. The standard InChI is InChI=1S/C79H83ClN12O14S/c1-5-78(102)58-37-64-72-56(44-92(64)75(100)57(58)45-106-76(78)101)71-60(34-33-55-49(3)59(80)38-62(91-72)70(55)71)88-69(97)46-105-47-86-67(95)42-83-74(99)63(36-50-20-10-6-11-21-50)90-68(96)43-81-66(94)41-82-73(98)61(89-65(93)28-17-7-12-22-51-39-84-77(85-40-51)107(4,103)104)27-18-19-35-87-79(52-23-13-8-14-24-52,53-25-15-9-16-26-53)54-31-29-48(2)30-32-54/h6,8-11,13-16,20-21,23-26,29-32,37-40,60-61,63,87,102H,5,7,17-19,27-28,33-36,41-47H2,1-4H3,(H,81,94)(H,82,98)(H,83,99)(H,86,95)(H,88,97)(H,89,93)(H,90,96)/t60-,61-,63-,78-/m0/s1. The van der Waals surface area contributed by atoms with E-state index in [1.54, 1.807) is 49.4 Å². The fraction of sp³-hybridized carbons (Fsp3) is 0.342. The van der Waals surface area contributed by atoms with Crippen LogP contribution in [0.5, 0.6) is 0 Å². The number of sulfone groups is 1. The molecule has 7 amide bonds. The minimum atomic E-state index is -3.60. The average molecular weight is 1490 g/mol. The number of amides is 7. The number of nitrogens with zero attached hydrogens (tertiary/aromatic N) is 4. The van der Waals surface area contributed by atoms with Crippen molar-refractivity contribution in [3.05, 3.63) is 222 Å². The molecule has 9 N–H and O–H groups in total. The van der Waals surface area contributed by atoms with E-state index in [1.165, 1.54) is 17.0 Å². The summed E-state index contributed by atoms with van der Waals surface area (Å²) in [6.07, 6.45) is 6.36. The van der Waals surface area contributed by atoms with Gasteiger partial charge in [0.15, 0.2) is 5.60 Å². The molecular weight excluding hydrogens is 1410 g/mol. The molecule has 1 aliphatic carbocycles. The zero-order valence-corrected chi connectivity index (χ0v) is 61.1. The maximum atomic E-state index is 14.1. The van der Waals surface area contributed by atoms with Crippen molar-refractivity contribution in [3.63, 3.8) is 0 Å². The van der Waals surface area contributed by atoms with Crippen LogP contribution < -0.4 is 48.1 Å². The third kappa shape index (κ3) is 18.1. The number of halogens is 1. The minimum absolute atomic E-state index is 0.000649. The van der Waals surface area contributed by atoms with Crippen molar-refractivity contribution in [1.29, 1.82) is 0 Å². The monoisotopic (exact) mass is 1490 g/mol. The summed E-state index contributed by atoms with van der Waals surface area (Å²) in [5.74, 6) is 0.401. The number of pyridine rings is 2. The van der Waals surface area contributed by atoms with E-state index in [0.717, 1.165) is 50.6 Å². The van der Waals surface area contributed by atoms with Gasteiger partial charge in [0.25, 0.3) is 5.56 Å². The molecule has 0 saturated carbocycles. The molecule has 3 aliphatic rings. The number of hydrogen-bond donors (Lipinski definition) is 9. The molecule has 107 heavy (non-hydrogen) atoms. The predicted octanol–water partition coefficient (Wildman–Crippen LogP) is 5.27. The number of ether oxygens (including phenoxy) is 2. The number of esters is 1. The molecule has 0 radical (unpaired) electrons. The fourth-order valence-corrected chi connectivity index (χ4v) is 14.5. The Morgan fingerprint density at radius 1 is 0.748 bits per heavy atom. The topological polar surface area (TPSA) is 366 Å². The molecule has 8 aromatic rings. The first-order valence-corrected chi connectivity index (χ1v) is 37.6. The molecule has 26 nitrogen and oxygen atoms in total. The second-order valence-corrected chi connectivity index (χ2v) is 29.0. The van der Waals surface area contributed by atoms with E-state index in [9.17, 15) is 56.7 Å². The van der Waals surface area contributed by atoms with Crippen molar-refractivity contribution < 1.29 is 61.4 Å². The summed E-state index contributed by atoms with van der Waals surface area (Å²) in [6, 6.07) is 37.8. The number of aromatic nitrogens is 4. The van der Waals surface area contributed by atoms with E-state index < -0.39 is 125 Å². The summed E-state index contributed by atoms with van der Waals surface area (Å²) < 4.78 is 36.0. The van der Waals surface area contributed by atoms with Gasteiger partial charge in [-0.15, -0.1) is 0 Å². The highest BCUT2D eigenvalue weighted by atomic mass is 35.5. The van der Waals surface area contributed by atoms with Crippen LogP contribution in [0.1, 0.15) is 131 Å². The predicted molar refractivity (Wildman–Crippen MR) is 397 cm³/mol. The van der Waals surface area contributed by atoms with E-state index >= 15 is 0 Å². The number of aryl methyl sites for hydroxylation is 2. The van der Waals surface area contributed by atoms with Gasteiger partial charge in [0.2, 0.25) is 56.3 Å². The van der Waals surface area contributed by atoms with Crippen LogP contribution in [0.25, 0.3) is 22.3 Å². The zero-order chi connectivity index (χ0) is 76.0. The van der Waals surface area contributed by atoms with Gasteiger partial charge in [-0.3, -0.25) is 43.7 Å². The highest BCUT2D eigenvalue weighted by Crippen LogP contribution is 2.47. The summed E-state index contributed by atoms with van der Waals surface area (Å²) in [5, 5.41) is 34.9. The van der Waals surface area contributed by atoms with Crippen molar-refractivity contribution in [3.8, 4) is 23.2 Å². The SMILES string of the molecule is CC[C@@]1(O)C(=O)OCc2c1cc1n(c2=O)Cc2c-1nc1cc(Cl)c(C)c3c1c2[C@@H](NC(=O)COCNC(=O)CNC(=O)[C@H](Cc1ccccc1)NC(=O)CNC(=O)CNC(=O)[C@H](CCCCNC(c1ccccc1)(c1ccccc1)c1ccc(C)cc1)NC(=O)CCCC#Cc1cnc(S(C)(=O)=O)nc1)CC3. The molecule has 28 heteroatoms. The number of carbonyl (C=O) groups excluding carboxylic acids is 8. The fourth-order valence-electron chi connectivity index (χ4n) is 13.7. The largest absolute Gasteiger partial charge is 0.458 e. The third-order valence-corrected chi connectivity index (χ3v) is 20.6. The molecule has 0 saturated heterocycles. The first kappa shape index (κ1) is 77.1. The Kier molecular flexibility index (Phi) is 24.8. The average Bonchev–Trinajstić information content (AvgIpc) is 1.59. The normalized spacial score (nSPS) is 15.3. The Labute approximate surface area is 623 Å². The third-order valence-electron chi connectivity index (χ3n) is 19.3. The van der Waals surface area contributed by atoms with Crippen LogP contribution >= 0.6 is 11.6 Å². The van der Waals surface area contributed by atoms with Crippen molar-refractivity contribution in [1.82, 2.24) is 62.1 Å². The van der Waals surface area contributed by atoms with E-state index in [-0.39, 0.29) is 61.5 Å². The molecule has 5 heterocycles. The van der Waals surface area contributed by atoms with Crippen LogP contribution in [0.3, 0.4) is 0 Å². The number of carbonyl (C=O) groups is 8. The molecule has 0 bridgehead atoms. The first-order chi connectivity index (χ1) is 51.4. The Bertz CT molecular complexity index is 4900. The van der Waals surface area contributed by atoms with E-state index in [0.29, 0.717) is 77.3 Å². The Balaban J connectivity index is 0.667. The maximum Gasteiger partial charge on any atom is 0.343 e. The quantitative estimate of drug-likeness (QED) is 0.00667. The van der Waals surface area contributed by atoms with E-state index in [4.69, 9.17) is 26.1 Å². The molecule has 2 aliphatic heterocycles. The van der Waals surface area contributed by atoms with E-state index in [2.05, 4.69) is 113 Å². The summed E-state index contributed by atoms with van der Waals surface area (Å²) in [6.45, 7) is 3.21. The summed E-state index contributed by atoms with van der Waals surface area (Å²) in [5.41, 5.74) is 6.95. The number of nitrogens with one attached hydrogen (secondary N) is 8. The highest BCUT2D eigenvalue weighted by Gasteiger charge is 2.46. The molecule has 5 aromatic carbocycles. The zero-order valence-electron chi connectivity index (χ0n) is 59.6. The van der Waals surface area contributed by atoms with Crippen LogP contribution in [0.15, 0.2) is 150 Å².